The largest absolute Gasteiger partial charge is 0.508 e. The number of carbonyl (C=O) groups is 1. The van der Waals surface area contributed by atoms with Gasteiger partial charge in [0.25, 0.3) is 0 Å². The predicted octanol–water partition coefficient (Wildman–Crippen LogP) is 3.16. The number of hydrogen-bond acceptors (Lipinski definition) is 3. The molecule has 90 valence electrons. The fourth-order valence-electron chi connectivity index (χ4n) is 2.10. The van der Waals surface area contributed by atoms with Gasteiger partial charge in [-0.3, -0.25) is 9.69 Å². The summed E-state index contributed by atoms with van der Waals surface area (Å²) in [4.78, 5) is 14.0. The highest BCUT2D eigenvalue weighted by Gasteiger charge is 2.32. The van der Waals surface area contributed by atoms with Gasteiger partial charge in [-0.05, 0) is 18.2 Å². The number of carbonyl (C=O) groups excluding carboxylic acids is 1. The molecule has 2 aromatic rings. The molecular weight excluding hydrogens is 246 g/mol. The first-order chi connectivity index (χ1) is 8.81. The average Bonchev–Trinajstić information content (AvgIpc) is 2.77. The minimum atomic E-state index is -0.193. The molecule has 3 rings (SSSR count). The van der Waals surface area contributed by atoms with Gasteiger partial charge >= 0.3 is 0 Å². The number of rotatable bonds is 2. The van der Waals surface area contributed by atoms with Crippen LogP contribution < -0.4 is 4.90 Å². The molecule has 1 N–H and O–H groups in total. The quantitative estimate of drug-likeness (QED) is 0.840. The van der Waals surface area contributed by atoms with Gasteiger partial charge in [0.15, 0.2) is 0 Å². The van der Waals surface area contributed by atoms with Crippen LogP contribution in [0.15, 0.2) is 53.4 Å². The number of fused-ring (bicyclic) bond motifs is 1. The number of nitrogens with zero attached hydrogens (tertiary/aromatic N) is 1. The Morgan fingerprint density at radius 2 is 1.83 bits per heavy atom. The summed E-state index contributed by atoms with van der Waals surface area (Å²) in [6.45, 7) is 0. The highest BCUT2D eigenvalue weighted by Crippen LogP contribution is 2.51. The molecule has 0 saturated carbocycles. The molecule has 0 aromatic heterocycles. The molecule has 1 atom stereocenters. The van der Waals surface area contributed by atoms with Crippen LogP contribution in [0.25, 0.3) is 0 Å². The first kappa shape index (κ1) is 11.2. The number of amides is 1. The predicted molar refractivity (Wildman–Crippen MR) is 71.7 cm³/mol. The lowest BCUT2D eigenvalue weighted by Gasteiger charge is -2.20. The van der Waals surface area contributed by atoms with Crippen molar-refractivity contribution >= 4 is 23.9 Å². The fraction of sp³-hybridized carbons (Fsp3) is 0.0714. The molecule has 0 radical (unpaired) electrons. The number of para-hydroxylation sites is 2. The second-order valence-corrected chi connectivity index (χ2v) is 5.13. The number of phenolic OH excluding ortho intramolecular Hbond substituents is 1. The van der Waals surface area contributed by atoms with Crippen molar-refractivity contribution in [3.05, 3.63) is 54.1 Å². The third-order valence-corrected chi connectivity index (χ3v) is 4.25. The second kappa shape index (κ2) is 4.38. The Labute approximate surface area is 109 Å². The first-order valence-electron chi connectivity index (χ1n) is 5.58. The Hall–Kier alpha value is -1.94. The molecule has 0 spiro atoms. The summed E-state index contributed by atoms with van der Waals surface area (Å²) in [7, 11) is 0. The van der Waals surface area contributed by atoms with E-state index in [2.05, 4.69) is 0 Å². The van der Waals surface area contributed by atoms with Crippen molar-refractivity contribution in [2.24, 2.45) is 0 Å². The highest BCUT2D eigenvalue weighted by atomic mass is 32.2. The Morgan fingerprint density at radius 1 is 1.11 bits per heavy atom. The topological polar surface area (TPSA) is 40.5 Å². The molecule has 1 heterocycles. The molecule has 2 aromatic carbocycles. The standard InChI is InChI=1S/C14H11NO2S/c16-9-15-11-6-2-4-8-13(11)18-14(15)10-5-1-3-7-12(10)17/h1-9,14,17H. The molecule has 3 nitrogen and oxygen atoms in total. The van der Waals surface area contributed by atoms with Gasteiger partial charge in [0, 0.05) is 10.5 Å². The van der Waals surface area contributed by atoms with Crippen molar-refractivity contribution in [2.45, 2.75) is 10.3 Å². The van der Waals surface area contributed by atoms with E-state index in [-0.39, 0.29) is 11.1 Å². The molecule has 18 heavy (non-hydrogen) atoms. The molecule has 4 heteroatoms. The van der Waals surface area contributed by atoms with Gasteiger partial charge < -0.3 is 5.11 Å². The maximum Gasteiger partial charge on any atom is 0.215 e. The zero-order valence-corrected chi connectivity index (χ0v) is 10.3. The van der Waals surface area contributed by atoms with Crippen LogP contribution in [0.2, 0.25) is 0 Å². The van der Waals surface area contributed by atoms with Gasteiger partial charge in [-0.2, -0.15) is 0 Å². The highest BCUT2D eigenvalue weighted by molar-refractivity contribution is 8.00. The molecule has 1 aliphatic rings. The van der Waals surface area contributed by atoms with Crippen molar-refractivity contribution in [1.29, 1.82) is 0 Å². The normalized spacial score (nSPS) is 17.6. The van der Waals surface area contributed by atoms with Gasteiger partial charge in [-0.15, -0.1) is 0 Å². The smallest absolute Gasteiger partial charge is 0.215 e. The van der Waals surface area contributed by atoms with E-state index < -0.39 is 0 Å². The zero-order chi connectivity index (χ0) is 12.5. The van der Waals surface area contributed by atoms with E-state index >= 15 is 0 Å². The van der Waals surface area contributed by atoms with E-state index in [0.29, 0.717) is 0 Å². The van der Waals surface area contributed by atoms with E-state index in [1.54, 1.807) is 28.8 Å². The summed E-state index contributed by atoms with van der Waals surface area (Å²) in [6, 6.07) is 14.9. The number of benzene rings is 2. The minimum Gasteiger partial charge on any atom is -0.508 e. The van der Waals surface area contributed by atoms with E-state index in [1.807, 2.05) is 36.4 Å². The molecule has 1 aliphatic heterocycles. The van der Waals surface area contributed by atoms with Crippen molar-refractivity contribution in [3.8, 4) is 5.75 Å². The van der Waals surface area contributed by atoms with Crippen molar-refractivity contribution in [3.63, 3.8) is 0 Å². The van der Waals surface area contributed by atoms with E-state index in [0.717, 1.165) is 22.6 Å². The monoisotopic (exact) mass is 257 g/mol. The third-order valence-electron chi connectivity index (χ3n) is 2.95. The van der Waals surface area contributed by atoms with Crippen LogP contribution in [0.3, 0.4) is 0 Å². The SMILES string of the molecule is O=CN1c2ccccc2SC1c1ccccc1O. The van der Waals surface area contributed by atoms with E-state index in [1.165, 1.54) is 0 Å². The summed E-state index contributed by atoms with van der Waals surface area (Å²) < 4.78 is 0. The van der Waals surface area contributed by atoms with Gasteiger partial charge in [0.2, 0.25) is 6.41 Å². The molecule has 1 unspecified atom stereocenters. The van der Waals surface area contributed by atoms with Gasteiger partial charge in [-0.1, -0.05) is 42.1 Å². The van der Waals surface area contributed by atoms with Crippen LogP contribution in [-0.2, 0) is 4.79 Å². The lowest BCUT2D eigenvalue weighted by atomic mass is 10.2. The summed E-state index contributed by atoms with van der Waals surface area (Å²) >= 11 is 1.57. The number of thioether (sulfide) groups is 1. The lowest BCUT2D eigenvalue weighted by Crippen LogP contribution is -2.20. The second-order valence-electron chi connectivity index (χ2n) is 4.01. The Morgan fingerprint density at radius 3 is 2.61 bits per heavy atom. The summed E-state index contributed by atoms with van der Waals surface area (Å²) in [5, 5.41) is 9.71. The van der Waals surface area contributed by atoms with Crippen LogP contribution in [-0.4, -0.2) is 11.5 Å². The van der Waals surface area contributed by atoms with Crippen LogP contribution in [0, 0.1) is 0 Å². The number of aromatic hydroxyl groups is 1. The van der Waals surface area contributed by atoms with Crippen LogP contribution in [0.1, 0.15) is 10.9 Å². The van der Waals surface area contributed by atoms with Crippen molar-refractivity contribution < 1.29 is 9.90 Å². The number of phenols is 1. The van der Waals surface area contributed by atoms with Gasteiger partial charge in [0.05, 0.1) is 5.69 Å². The molecule has 0 aliphatic carbocycles. The number of anilines is 1. The summed E-state index contributed by atoms with van der Waals surface area (Å²) in [6.07, 6.45) is 0.815. The van der Waals surface area contributed by atoms with Gasteiger partial charge in [-0.25, -0.2) is 0 Å². The average molecular weight is 257 g/mol. The summed E-state index contributed by atoms with van der Waals surface area (Å²) in [5.74, 6) is 0.217. The zero-order valence-electron chi connectivity index (χ0n) is 9.48. The first-order valence-corrected chi connectivity index (χ1v) is 6.46. The minimum absolute atomic E-state index is 0.193. The summed E-state index contributed by atoms with van der Waals surface area (Å²) in [5.41, 5.74) is 1.65. The molecule has 0 fully saturated rings. The maximum absolute atomic E-state index is 11.3. The third kappa shape index (κ3) is 1.66. The van der Waals surface area contributed by atoms with Crippen LogP contribution in [0.5, 0.6) is 5.75 Å². The van der Waals surface area contributed by atoms with E-state index in [9.17, 15) is 9.90 Å². The maximum atomic E-state index is 11.3. The lowest BCUT2D eigenvalue weighted by molar-refractivity contribution is -0.107. The van der Waals surface area contributed by atoms with Crippen LogP contribution in [0.4, 0.5) is 5.69 Å². The van der Waals surface area contributed by atoms with Crippen molar-refractivity contribution in [1.82, 2.24) is 0 Å². The Balaban J connectivity index is 2.07. The van der Waals surface area contributed by atoms with Crippen LogP contribution >= 0.6 is 11.8 Å². The number of hydrogen-bond donors (Lipinski definition) is 1. The Kier molecular flexibility index (Phi) is 2.72. The van der Waals surface area contributed by atoms with Gasteiger partial charge in [0.1, 0.15) is 11.1 Å². The Bertz CT molecular complexity index is 600. The molecular formula is C14H11NO2S. The van der Waals surface area contributed by atoms with E-state index in [4.69, 9.17) is 0 Å². The fourth-order valence-corrected chi connectivity index (χ4v) is 3.39. The molecule has 0 bridgehead atoms. The van der Waals surface area contributed by atoms with Crippen molar-refractivity contribution in [2.75, 3.05) is 4.90 Å². The molecule has 0 saturated heterocycles. The molecule has 1 amide bonds.